The van der Waals surface area contributed by atoms with Gasteiger partial charge in [-0.2, -0.15) is 4.52 Å². The summed E-state index contributed by atoms with van der Waals surface area (Å²) in [5.74, 6) is 1.16. The van der Waals surface area contributed by atoms with E-state index in [2.05, 4.69) is 46.4 Å². The van der Waals surface area contributed by atoms with Gasteiger partial charge >= 0.3 is 0 Å². The van der Waals surface area contributed by atoms with E-state index in [0.29, 0.717) is 23.7 Å². The van der Waals surface area contributed by atoms with E-state index in [1.165, 1.54) is 6.07 Å². The molecule has 0 radical (unpaired) electrons. The van der Waals surface area contributed by atoms with Crippen molar-refractivity contribution in [2.75, 3.05) is 5.32 Å². The minimum absolute atomic E-state index is 0.169. The first-order valence-corrected chi connectivity index (χ1v) is 8.65. The summed E-state index contributed by atoms with van der Waals surface area (Å²) in [5.41, 5.74) is 1.81. The van der Waals surface area contributed by atoms with Gasteiger partial charge in [0.1, 0.15) is 11.6 Å². The highest BCUT2D eigenvalue weighted by Crippen LogP contribution is 2.21. The number of imidazole rings is 1. The second kappa shape index (κ2) is 6.46. The van der Waals surface area contributed by atoms with Crippen molar-refractivity contribution in [1.29, 1.82) is 0 Å². The number of fused-ring (bicyclic) bond motifs is 1. The summed E-state index contributed by atoms with van der Waals surface area (Å²) >= 11 is 0. The fraction of sp³-hybridized carbons (Fsp3) is 0.263. The number of rotatable bonds is 4. The van der Waals surface area contributed by atoms with Gasteiger partial charge in [0.25, 0.3) is 0 Å². The van der Waals surface area contributed by atoms with E-state index in [4.69, 9.17) is 0 Å². The van der Waals surface area contributed by atoms with Crippen LogP contribution in [0.1, 0.15) is 32.2 Å². The van der Waals surface area contributed by atoms with Gasteiger partial charge in [0.05, 0.1) is 12.0 Å². The molecule has 3 aromatic heterocycles. The molecule has 8 heteroatoms. The minimum Gasteiger partial charge on any atom is -0.365 e. The van der Waals surface area contributed by atoms with Gasteiger partial charge in [0.15, 0.2) is 11.5 Å². The van der Waals surface area contributed by atoms with Gasteiger partial charge in [-0.05, 0) is 29.8 Å². The summed E-state index contributed by atoms with van der Waals surface area (Å²) in [6.07, 6.45) is 4.90. The lowest BCUT2D eigenvalue weighted by Gasteiger charge is -2.15. The summed E-state index contributed by atoms with van der Waals surface area (Å²) in [5, 5.41) is 16.2. The number of aromatic nitrogens is 6. The van der Waals surface area contributed by atoms with E-state index in [-0.39, 0.29) is 11.2 Å². The van der Waals surface area contributed by atoms with Gasteiger partial charge in [0.2, 0.25) is 0 Å². The molecule has 0 saturated heterocycles. The third-order valence-electron chi connectivity index (χ3n) is 4.20. The number of benzene rings is 1. The van der Waals surface area contributed by atoms with E-state index in [1.807, 2.05) is 18.2 Å². The fourth-order valence-electron chi connectivity index (χ4n) is 2.81. The average molecular weight is 365 g/mol. The Labute approximate surface area is 155 Å². The van der Waals surface area contributed by atoms with Crippen molar-refractivity contribution in [3.63, 3.8) is 0 Å². The van der Waals surface area contributed by atoms with Gasteiger partial charge in [-0.3, -0.25) is 0 Å². The summed E-state index contributed by atoms with van der Waals surface area (Å²) < 4.78 is 17.8. The SMILES string of the molecule is CC(C)(C)c1nnc2ccc(NCc3ccc(-n4ccnc4)c(F)c3)nn12. The lowest BCUT2D eigenvalue weighted by atomic mass is 9.96. The Morgan fingerprint density at radius 1 is 1.11 bits per heavy atom. The summed E-state index contributed by atoms with van der Waals surface area (Å²) in [4.78, 5) is 3.95. The van der Waals surface area contributed by atoms with Crippen molar-refractivity contribution in [1.82, 2.24) is 29.4 Å². The molecule has 0 spiro atoms. The minimum atomic E-state index is -0.301. The average Bonchev–Trinajstić information content (AvgIpc) is 3.28. The van der Waals surface area contributed by atoms with Crippen molar-refractivity contribution < 1.29 is 4.39 Å². The van der Waals surface area contributed by atoms with Crippen LogP contribution in [-0.2, 0) is 12.0 Å². The number of nitrogens with zero attached hydrogens (tertiary/aromatic N) is 6. The van der Waals surface area contributed by atoms with E-state index >= 15 is 0 Å². The number of halogens is 1. The van der Waals surface area contributed by atoms with E-state index in [9.17, 15) is 4.39 Å². The van der Waals surface area contributed by atoms with Crippen LogP contribution in [0.4, 0.5) is 10.2 Å². The molecule has 4 aromatic rings. The predicted molar refractivity (Wildman–Crippen MR) is 100 cm³/mol. The van der Waals surface area contributed by atoms with Crippen LogP contribution in [0.5, 0.6) is 0 Å². The highest BCUT2D eigenvalue weighted by Gasteiger charge is 2.21. The molecule has 138 valence electrons. The van der Waals surface area contributed by atoms with Gasteiger partial charge in [0, 0.05) is 24.4 Å². The molecule has 0 fully saturated rings. The van der Waals surface area contributed by atoms with Crippen molar-refractivity contribution in [3.8, 4) is 5.69 Å². The monoisotopic (exact) mass is 365 g/mol. The molecule has 0 aliphatic rings. The molecular formula is C19H20FN7. The maximum absolute atomic E-state index is 14.4. The third-order valence-corrected chi connectivity index (χ3v) is 4.20. The predicted octanol–water partition coefficient (Wildman–Crippen LogP) is 3.36. The molecule has 0 atom stereocenters. The second-order valence-corrected chi connectivity index (χ2v) is 7.37. The van der Waals surface area contributed by atoms with Crippen LogP contribution in [0, 0.1) is 5.82 Å². The van der Waals surface area contributed by atoms with Crippen LogP contribution < -0.4 is 5.32 Å². The number of hydrogen-bond donors (Lipinski definition) is 1. The molecule has 4 rings (SSSR count). The zero-order valence-electron chi connectivity index (χ0n) is 15.4. The van der Waals surface area contributed by atoms with Crippen LogP contribution in [0.3, 0.4) is 0 Å². The van der Waals surface area contributed by atoms with Gasteiger partial charge in [-0.15, -0.1) is 15.3 Å². The fourth-order valence-corrected chi connectivity index (χ4v) is 2.81. The zero-order valence-corrected chi connectivity index (χ0v) is 15.4. The highest BCUT2D eigenvalue weighted by atomic mass is 19.1. The first kappa shape index (κ1) is 17.1. The maximum Gasteiger partial charge on any atom is 0.178 e. The quantitative estimate of drug-likeness (QED) is 0.600. The molecule has 0 saturated carbocycles. The van der Waals surface area contributed by atoms with Gasteiger partial charge in [-0.1, -0.05) is 26.8 Å². The highest BCUT2D eigenvalue weighted by molar-refractivity contribution is 5.45. The Morgan fingerprint density at radius 2 is 1.96 bits per heavy atom. The Kier molecular flexibility index (Phi) is 4.10. The summed E-state index contributed by atoms with van der Waals surface area (Å²) in [7, 11) is 0. The lowest BCUT2D eigenvalue weighted by Crippen LogP contribution is -2.17. The standard InChI is InChI=1S/C19H20FN7/c1-19(2,3)18-24-23-17-7-6-16(25-27(17)18)22-11-13-4-5-15(14(20)10-13)26-9-8-21-12-26/h4-10,12H,11H2,1-3H3,(H,22,25). The van der Waals surface area contributed by atoms with Crippen LogP contribution in [-0.4, -0.2) is 29.4 Å². The molecule has 7 nitrogen and oxygen atoms in total. The normalized spacial score (nSPS) is 11.9. The molecule has 0 bridgehead atoms. The number of nitrogens with one attached hydrogen (secondary N) is 1. The number of anilines is 1. The third kappa shape index (κ3) is 3.38. The first-order chi connectivity index (χ1) is 12.9. The van der Waals surface area contributed by atoms with Crippen LogP contribution >= 0.6 is 0 Å². The largest absolute Gasteiger partial charge is 0.365 e. The Hall–Kier alpha value is -3.29. The van der Waals surface area contributed by atoms with Crippen LogP contribution in [0.25, 0.3) is 11.3 Å². The smallest absolute Gasteiger partial charge is 0.178 e. The zero-order chi connectivity index (χ0) is 19.0. The van der Waals surface area contributed by atoms with Gasteiger partial charge < -0.3 is 9.88 Å². The van der Waals surface area contributed by atoms with E-state index in [1.54, 1.807) is 33.9 Å². The molecule has 1 N–H and O–H groups in total. The van der Waals surface area contributed by atoms with E-state index in [0.717, 1.165) is 11.4 Å². The maximum atomic E-state index is 14.4. The molecule has 1 aromatic carbocycles. The molecular weight excluding hydrogens is 345 g/mol. The van der Waals surface area contributed by atoms with E-state index < -0.39 is 0 Å². The van der Waals surface area contributed by atoms with Crippen LogP contribution in [0.2, 0.25) is 0 Å². The lowest BCUT2D eigenvalue weighted by molar-refractivity contribution is 0.527. The first-order valence-electron chi connectivity index (χ1n) is 8.65. The molecule has 3 heterocycles. The topological polar surface area (TPSA) is 72.9 Å². The molecule has 0 aliphatic carbocycles. The molecule has 0 amide bonds. The molecule has 0 aliphatic heterocycles. The van der Waals surface area contributed by atoms with Crippen molar-refractivity contribution in [2.45, 2.75) is 32.7 Å². The molecule has 27 heavy (non-hydrogen) atoms. The summed E-state index contributed by atoms with van der Waals surface area (Å²) in [6.45, 7) is 6.65. The summed E-state index contributed by atoms with van der Waals surface area (Å²) in [6, 6.07) is 8.83. The van der Waals surface area contributed by atoms with Crippen molar-refractivity contribution >= 4 is 11.5 Å². The molecule has 0 unspecified atom stereocenters. The Bertz CT molecular complexity index is 1080. The number of hydrogen-bond acceptors (Lipinski definition) is 5. The Morgan fingerprint density at radius 3 is 2.67 bits per heavy atom. The van der Waals surface area contributed by atoms with Gasteiger partial charge in [-0.25, -0.2) is 9.37 Å². The second-order valence-electron chi connectivity index (χ2n) is 7.37. The van der Waals surface area contributed by atoms with Crippen LogP contribution in [0.15, 0.2) is 49.1 Å². The van der Waals surface area contributed by atoms with Crippen molar-refractivity contribution in [2.24, 2.45) is 0 Å². The van der Waals surface area contributed by atoms with Crippen molar-refractivity contribution in [3.05, 3.63) is 66.3 Å². The Balaban J connectivity index is 1.54.